The van der Waals surface area contributed by atoms with Crippen molar-refractivity contribution in [3.8, 4) is 0 Å². The summed E-state index contributed by atoms with van der Waals surface area (Å²) in [4.78, 5) is 10.9. The number of epoxide rings is 1. The minimum Gasteiger partial charge on any atom is -0.479 e. The standard InChI is InChI=1S/C11H12O3/c1-10(8-6-4-3-5-7-8)11(2,14-10)9(12)13/h3-7H,1-2H3,(H,12,13)/t10-,11+/m0/s1. The second-order valence-electron chi connectivity index (χ2n) is 3.84. The smallest absolute Gasteiger partial charge is 0.339 e. The third kappa shape index (κ3) is 0.990. The number of hydrogen-bond acceptors (Lipinski definition) is 2. The molecule has 1 aliphatic heterocycles. The Labute approximate surface area is 82.3 Å². The molecule has 14 heavy (non-hydrogen) atoms. The van der Waals surface area contributed by atoms with Crippen LogP contribution in [-0.4, -0.2) is 16.7 Å². The minimum atomic E-state index is -1.08. The van der Waals surface area contributed by atoms with Crippen LogP contribution in [0.25, 0.3) is 0 Å². The Hall–Kier alpha value is -1.35. The maximum absolute atomic E-state index is 10.9. The molecule has 3 nitrogen and oxygen atoms in total. The molecule has 1 aromatic rings. The number of hydrogen-bond donors (Lipinski definition) is 1. The summed E-state index contributed by atoms with van der Waals surface area (Å²) in [6.07, 6.45) is 0. The van der Waals surface area contributed by atoms with E-state index in [1.165, 1.54) is 0 Å². The fourth-order valence-electron chi connectivity index (χ4n) is 1.72. The Morgan fingerprint density at radius 1 is 1.29 bits per heavy atom. The van der Waals surface area contributed by atoms with Crippen LogP contribution < -0.4 is 0 Å². The number of carbonyl (C=O) groups is 1. The molecule has 0 spiro atoms. The summed E-state index contributed by atoms with van der Waals surface area (Å²) in [5.74, 6) is -0.913. The van der Waals surface area contributed by atoms with Crippen LogP contribution in [0, 0.1) is 0 Å². The molecule has 0 aliphatic carbocycles. The molecule has 0 unspecified atom stereocenters. The molecule has 1 fully saturated rings. The van der Waals surface area contributed by atoms with E-state index in [-0.39, 0.29) is 0 Å². The van der Waals surface area contributed by atoms with Crippen LogP contribution in [0.1, 0.15) is 19.4 Å². The molecule has 0 radical (unpaired) electrons. The highest BCUT2D eigenvalue weighted by molar-refractivity contribution is 5.82. The predicted octanol–water partition coefficient (Wildman–Crippen LogP) is 1.78. The molecule has 0 amide bonds. The fourth-order valence-corrected chi connectivity index (χ4v) is 1.72. The number of ether oxygens (including phenoxy) is 1. The number of aliphatic carboxylic acids is 1. The van der Waals surface area contributed by atoms with E-state index in [1.54, 1.807) is 13.8 Å². The number of benzene rings is 1. The normalized spacial score (nSPS) is 35.3. The van der Waals surface area contributed by atoms with Gasteiger partial charge < -0.3 is 9.84 Å². The molecule has 1 heterocycles. The van der Waals surface area contributed by atoms with Crippen molar-refractivity contribution < 1.29 is 14.6 Å². The average Bonchev–Trinajstić information content (AvgIpc) is 2.74. The number of rotatable bonds is 2. The predicted molar refractivity (Wildman–Crippen MR) is 50.9 cm³/mol. The molecule has 1 aromatic carbocycles. The zero-order chi connectivity index (χ0) is 10.4. The van der Waals surface area contributed by atoms with E-state index >= 15 is 0 Å². The van der Waals surface area contributed by atoms with Crippen molar-refractivity contribution in [2.45, 2.75) is 25.0 Å². The first-order chi connectivity index (χ1) is 6.51. The lowest BCUT2D eigenvalue weighted by atomic mass is 9.89. The van der Waals surface area contributed by atoms with Crippen LogP contribution in [-0.2, 0) is 15.1 Å². The molecule has 1 saturated heterocycles. The van der Waals surface area contributed by atoms with E-state index in [0.29, 0.717) is 0 Å². The third-order valence-electron chi connectivity index (χ3n) is 3.01. The van der Waals surface area contributed by atoms with Crippen LogP contribution in [0.3, 0.4) is 0 Å². The number of carboxylic acids is 1. The Kier molecular flexibility index (Phi) is 1.70. The first-order valence-electron chi connectivity index (χ1n) is 4.50. The highest BCUT2D eigenvalue weighted by Crippen LogP contribution is 2.55. The molecule has 1 N–H and O–H groups in total. The van der Waals surface area contributed by atoms with Gasteiger partial charge in [0.05, 0.1) is 0 Å². The van der Waals surface area contributed by atoms with E-state index in [1.807, 2.05) is 30.3 Å². The molecular weight excluding hydrogens is 180 g/mol. The van der Waals surface area contributed by atoms with Gasteiger partial charge in [0.15, 0.2) is 5.60 Å². The quantitative estimate of drug-likeness (QED) is 0.726. The SMILES string of the molecule is C[C@@]1(c2ccccc2)O[C@]1(C)C(=O)O. The highest BCUT2D eigenvalue weighted by atomic mass is 16.6. The average molecular weight is 192 g/mol. The monoisotopic (exact) mass is 192 g/mol. The molecule has 0 saturated carbocycles. The Balaban J connectivity index is 2.36. The van der Waals surface area contributed by atoms with Crippen molar-refractivity contribution in [3.05, 3.63) is 35.9 Å². The second kappa shape index (κ2) is 2.58. The van der Waals surface area contributed by atoms with Crippen molar-refractivity contribution in [1.29, 1.82) is 0 Å². The molecule has 0 bridgehead atoms. The molecular formula is C11H12O3. The van der Waals surface area contributed by atoms with Gasteiger partial charge in [0.2, 0.25) is 0 Å². The third-order valence-corrected chi connectivity index (χ3v) is 3.01. The van der Waals surface area contributed by atoms with Gasteiger partial charge in [-0.05, 0) is 19.4 Å². The zero-order valence-electron chi connectivity index (χ0n) is 8.15. The van der Waals surface area contributed by atoms with E-state index in [2.05, 4.69) is 0 Å². The number of carboxylic acid groups (broad SMARTS) is 1. The summed E-state index contributed by atoms with van der Waals surface area (Å²) in [5, 5.41) is 8.98. The Morgan fingerprint density at radius 3 is 2.29 bits per heavy atom. The van der Waals surface area contributed by atoms with Crippen LogP contribution in [0.15, 0.2) is 30.3 Å². The van der Waals surface area contributed by atoms with Gasteiger partial charge in [-0.25, -0.2) is 4.79 Å². The summed E-state index contributed by atoms with van der Waals surface area (Å²) in [7, 11) is 0. The van der Waals surface area contributed by atoms with Crippen LogP contribution in [0.5, 0.6) is 0 Å². The summed E-state index contributed by atoms with van der Waals surface area (Å²) >= 11 is 0. The van der Waals surface area contributed by atoms with E-state index in [4.69, 9.17) is 9.84 Å². The van der Waals surface area contributed by atoms with Crippen molar-refractivity contribution in [1.82, 2.24) is 0 Å². The highest BCUT2D eigenvalue weighted by Gasteiger charge is 2.70. The zero-order valence-corrected chi connectivity index (χ0v) is 8.15. The van der Waals surface area contributed by atoms with Gasteiger partial charge >= 0.3 is 5.97 Å². The van der Waals surface area contributed by atoms with Gasteiger partial charge in [0, 0.05) is 0 Å². The largest absolute Gasteiger partial charge is 0.479 e. The van der Waals surface area contributed by atoms with Gasteiger partial charge in [-0.3, -0.25) is 0 Å². The van der Waals surface area contributed by atoms with Crippen molar-refractivity contribution in [2.75, 3.05) is 0 Å². The molecule has 2 rings (SSSR count). The lowest BCUT2D eigenvalue weighted by molar-refractivity contribution is -0.142. The first kappa shape index (κ1) is 9.21. The van der Waals surface area contributed by atoms with Gasteiger partial charge in [-0.1, -0.05) is 30.3 Å². The van der Waals surface area contributed by atoms with Crippen LogP contribution in [0.4, 0.5) is 0 Å². The maximum atomic E-state index is 10.9. The van der Waals surface area contributed by atoms with Gasteiger partial charge in [0.25, 0.3) is 0 Å². The topological polar surface area (TPSA) is 49.8 Å². The maximum Gasteiger partial charge on any atom is 0.339 e. The molecule has 2 atom stereocenters. The van der Waals surface area contributed by atoms with E-state index < -0.39 is 17.2 Å². The lowest BCUT2D eigenvalue weighted by Gasteiger charge is -2.08. The van der Waals surface area contributed by atoms with Crippen molar-refractivity contribution in [2.24, 2.45) is 0 Å². The van der Waals surface area contributed by atoms with E-state index in [0.717, 1.165) is 5.56 Å². The van der Waals surface area contributed by atoms with Crippen molar-refractivity contribution >= 4 is 5.97 Å². The Morgan fingerprint density at radius 2 is 1.86 bits per heavy atom. The van der Waals surface area contributed by atoms with Gasteiger partial charge in [-0.15, -0.1) is 0 Å². The second-order valence-corrected chi connectivity index (χ2v) is 3.84. The molecule has 3 heteroatoms. The summed E-state index contributed by atoms with van der Waals surface area (Å²) in [6, 6.07) is 9.42. The summed E-state index contributed by atoms with van der Waals surface area (Å²) in [6.45, 7) is 3.40. The first-order valence-corrected chi connectivity index (χ1v) is 4.50. The minimum absolute atomic E-state index is 0.680. The summed E-state index contributed by atoms with van der Waals surface area (Å²) < 4.78 is 5.34. The lowest BCUT2D eigenvalue weighted by Crippen LogP contribution is -2.27. The Bertz CT molecular complexity index is 373. The van der Waals surface area contributed by atoms with Gasteiger partial charge in [-0.2, -0.15) is 0 Å². The van der Waals surface area contributed by atoms with E-state index in [9.17, 15) is 4.79 Å². The molecule has 0 aromatic heterocycles. The fraction of sp³-hybridized carbons (Fsp3) is 0.364. The van der Waals surface area contributed by atoms with Crippen LogP contribution in [0.2, 0.25) is 0 Å². The summed E-state index contributed by atoms with van der Waals surface area (Å²) in [5.41, 5.74) is -0.848. The molecule has 74 valence electrons. The van der Waals surface area contributed by atoms with Crippen LogP contribution >= 0.6 is 0 Å². The van der Waals surface area contributed by atoms with Gasteiger partial charge in [0.1, 0.15) is 5.60 Å². The van der Waals surface area contributed by atoms with Crippen molar-refractivity contribution in [3.63, 3.8) is 0 Å². The molecule has 1 aliphatic rings.